The van der Waals surface area contributed by atoms with Gasteiger partial charge < -0.3 is 10.6 Å². The normalized spacial score (nSPS) is 12.4. The van der Waals surface area contributed by atoms with E-state index in [1.54, 1.807) is 6.92 Å². The lowest BCUT2D eigenvalue weighted by Crippen LogP contribution is -2.51. The fourth-order valence-corrected chi connectivity index (χ4v) is 1.56. The van der Waals surface area contributed by atoms with Gasteiger partial charge in [0.15, 0.2) is 0 Å². The van der Waals surface area contributed by atoms with E-state index in [1.165, 1.54) is 0 Å². The molecule has 0 radical (unpaired) electrons. The standard InChI is InChI=1S/C15H23N3O2/c1-10-6-8-12(9-7-10)16-11(2)13(19)17-14(20)18-15(3,4)5/h6-9,11,16H,1-5H3,(H2,17,18,19,20). The summed E-state index contributed by atoms with van der Waals surface area (Å²) in [5, 5.41) is 8.04. The van der Waals surface area contributed by atoms with Gasteiger partial charge in [0.1, 0.15) is 6.04 Å². The molecule has 1 rings (SSSR count). The van der Waals surface area contributed by atoms with E-state index in [9.17, 15) is 9.59 Å². The number of amides is 3. The van der Waals surface area contributed by atoms with Crippen molar-refractivity contribution in [1.82, 2.24) is 10.6 Å². The summed E-state index contributed by atoms with van der Waals surface area (Å²) in [4.78, 5) is 23.5. The summed E-state index contributed by atoms with van der Waals surface area (Å²) in [6.45, 7) is 9.26. The van der Waals surface area contributed by atoms with Crippen molar-refractivity contribution in [1.29, 1.82) is 0 Å². The third-order valence-corrected chi connectivity index (χ3v) is 2.55. The highest BCUT2D eigenvalue weighted by Gasteiger charge is 2.19. The van der Waals surface area contributed by atoms with Crippen molar-refractivity contribution in [3.05, 3.63) is 29.8 Å². The lowest BCUT2D eigenvalue weighted by molar-refractivity contribution is -0.120. The van der Waals surface area contributed by atoms with Gasteiger partial charge in [0.25, 0.3) is 0 Å². The van der Waals surface area contributed by atoms with Crippen LogP contribution in [0.15, 0.2) is 24.3 Å². The Morgan fingerprint density at radius 2 is 1.65 bits per heavy atom. The molecule has 110 valence electrons. The summed E-state index contributed by atoms with van der Waals surface area (Å²) in [6.07, 6.45) is 0. The minimum atomic E-state index is -0.497. The van der Waals surface area contributed by atoms with Gasteiger partial charge in [-0.05, 0) is 46.8 Å². The number of rotatable bonds is 3. The van der Waals surface area contributed by atoms with Gasteiger partial charge in [-0.3, -0.25) is 10.1 Å². The molecule has 0 bridgehead atoms. The number of imide groups is 1. The molecule has 0 aromatic heterocycles. The number of aryl methyl sites for hydroxylation is 1. The highest BCUT2D eigenvalue weighted by atomic mass is 16.2. The molecule has 0 spiro atoms. The van der Waals surface area contributed by atoms with Crippen LogP contribution in [0.4, 0.5) is 10.5 Å². The molecule has 1 aromatic rings. The number of carbonyl (C=O) groups excluding carboxylic acids is 2. The first-order valence-corrected chi connectivity index (χ1v) is 6.63. The lowest BCUT2D eigenvalue weighted by Gasteiger charge is -2.21. The minimum Gasteiger partial charge on any atom is -0.374 e. The summed E-state index contributed by atoms with van der Waals surface area (Å²) in [5.74, 6) is -0.368. The molecule has 0 aliphatic carbocycles. The van der Waals surface area contributed by atoms with E-state index in [0.717, 1.165) is 11.3 Å². The van der Waals surface area contributed by atoms with Crippen LogP contribution in [0.3, 0.4) is 0 Å². The Kier molecular flexibility index (Phi) is 5.13. The minimum absolute atomic E-state index is 0.368. The van der Waals surface area contributed by atoms with Crippen LogP contribution in [0.1, 0.15) is 33.3 Å². The molecule has 20 heavy (non-hydrogen) atoms. The number of anilines is 1. The highest BCUT2D eigenvalue weighted by Crippen LogP contribution is 2.09. The van der Waals surface area contributed by atoms with Crippen LogP contribution >= 0.6 is 0 Å². The Bertz CT molecular complexity index is 475. The van der Waals surface area contributed by atoms with Gasteiger partial charge in [0.05, 0.1) is 0 Å². The first kappa shape index (κ1) is 16.0. The predicted molar refractivity (Wildman–Crippen MR) is 80.7 cm³/mol. The zero-order valence-corrected chi connectivity index (χ0v) is 12.7. The zero-order chi connectivity index (χ0) is 15.3. The quantitative estimate of drug-likeness (QED) is 0.794. The van der Waals surface area contributed by atoms with Gasteiger partial charge in [-0.15, -0.1) is 0 Å². The molecule has 0 heterocycles. The maximum atomic E-state index is 11.9. The lowest BCUT2D eigenvalue weighted by atomic mass is 10.1. The van der Waals surface area contributed by atoms with Gasteiger partial charge in [0, 0.05) is 11.2 Å². The molecular weight excluding hydrogens is 254 g/mol. The van der Waals surface area contributed by atoms with Crippen LogP contribution in [0.25, 0.3) is 0 Å². The summed E-state index contributed by atoms with van der Waals surface area (Å²) in [6, 6.07) is 6.73. The molecule has 0 aliphatic heterocycles. The third kappa shape index (κ3) is 5.73. The van der Waals surface area contributed by atoms with Gasteiger partial charge in [0.2, 0.25) is 5.91 Å². The maximum absolute atomic E-state index is 11.9. The average molecular weight is 277 g/mol. The number of hydrogen-bond acceptors (Lipinski definition) is 3. The third-order valence-electron chi connectivity index (χ3n) is 2.55. The maximum Gasteiger partial charge on any atom is 0.321 e. The van der Waals surface area contributed by atoms with Crippen LogP contribution in [0.2, 0.25) is 0 Å². The van der Waals surface area contributed by atoms with Gasteiger partial charge in [-0.2, -0.15) is 0 Å². The summed E-state index contributed by atoms with van der Waals surface area (Å²) in [7, 11) is 0. The van der Waals surface area contributed by atoms with Crippen molar-refractivity contribution >= 4 is 17.6 Å². The van der Waals surface area contributed by atoms with Crippen molar-refractivity contribution in [2.45, 2.75) is 46.2 Å². The van der Waals surface area contributed by atoms with Crippen LogP contribution in [-0.4, -0.2) is 23.5 Å². The largest absolute Gasteiger partial charge is 0.374 e. The molecule has 0 aliphatic rings. The van der Waals surface area contributed by atoms with Crippen molar-refractivity contribution < 1.29 is 9.59 Å². The molecule has 5 heteroatoms. The summed E-state index contributed by atoms with van der Waals surface area (Å²) < 4.78 is 0. The molecule has 0 saturated heterocycles. The highest BCUT2D eigenvalue weighted by molar-refractivity contribution is 5.98. The van der Waals surface area contributed by atoms with Crippen LogP contribution in [0.5, 0.6) is 0 Å². The fraction of sp³-hybridized carbons (Fsp3) is 0.467. The Balaban J connectivity index is 2.51. The molecule has 1 aromatic carbocycles. The molecule has 0 fully saturated rings. The van der Waals surface area contributed by atoms with Gasteiger partial charge in [-0.25, -0.2) is 4.79 Å². The number of benzene rings is 1. The van der Waals surface area contributed by atoms with Crippen LogP contribution in [-0.2, 0) is 4.79 Å². The summed E-state index contributed by atoms with van der Waals surface area (Å²) >= 11 is 0. The molecule has 3 amide bonds. The van der Waals surface area contributed by atoms with E-state index >= 15 is 0 Å². The molecule has 0 saturated carbocycles. The Morgan fingerprint density at radius 3 is 2.15 bits per heavy atom. The topological polar surface area (TPSA) is 70.2 Å². The van der Waals surface area contributed by atoms with E-state index < -0.39 is 12.1 Å². The van der Waals surface area contributed by atoms with E-state index in [0.29, 0.717) is 0 Å². The number of urea groups is 1. The average Bonchev–Trinajstić information content (AvgIpc) is 2.29. The molecular formula is C15H23N3O2. The van der Waals surface area contributed by atoms with Crippen LogP contribution in [0, 0.1) is 6.92 Å². The van der Waals surface area contributed by atoms with Gasteiger partial charge in [-0.1, -0.05) is 17.7 Å². The monoisotopic (exact) mass is 277 g/mol. The summed E-state index contributed by atoms with van der Waals surface area (Å²) in [5.41, 5.74) is 1.62. The number of hydrogen-bond donors (Lipinski definition) is 3. The second-order valence-corrected chi connectivity index (χ2v) is 5.93. The van der Waals surface area contributed by atoms with Gasteiger partial charge >= 0.3 is 6.03 Å². The Labute approximate surface area is 120 Å². The van der Waals surface area contributed by atoms with Crippen molar-refractivity contribution in [2.75, 3.05) is 5.32 Å². The van der Waals surface area contributed by atoms with Crippen molar-refractivity contribution in [3.8, 4) is 0 Å². The van der Waals surface area contributed by atoms with E-state index in [-0.39, 0.29) is 11.4 Å². The SMILES string of the molecule is Cc1ccc(NC(C)C(=O)NC(=O)NC(C)(C)C)cc1. The second kappa shape index (κ2) is 6.41. The number of nitrogens with one attached hydrogen (secondary N) is 3. The first-order chi connectivity index (χ1) is 9.17. The number of carbonyl (C=O) groups is 2. The molecule has 3 N–H and O–H groups in total. The van der Waals surface area contributed by atoms with Crippen molar-refractivity contribution in [3.63, 3.8) is 0 Å². The Hall–Kier alpha value is -2.04. The first-order valence-electron chi connectivity index (χ1n) is 6.63. The van der Waals surface area contributed by atoms with Crippen LogP contribution < -0.4 is 16.0 Å². The van der Waals surface area contributed by atoms with Crippen molar-refractivity contribution in [2.24, 2.45) is 0 Å². The van der Waals surface area contributed by atoms with E-state index in [1.807, 2.05) is 52.0 Å². The predicted octanol–water partition coefficient (Wildman–Crippen LogP) is 2.42. The fourth-order valence-electron chi connectivity index (χ4n) is 1.56. The smallest absolute Gasteiger partial charge is 0.321 e. The second-order valence-electron chi connectivity index (χ2n) is 5.93. The molecule has 1 unspecified atom stereocenters. The van der Waals surface area contributed by atoms with E-state index in [2.05, 4.69) is 16.0 Å². The zero-order valence-electron chi connectivity index (χ0n) is 12.7. The van der Waals surface area contributed by atoms with E-state index in [4.69, 9.17) is 0 Å². The molecule has 1 atom stereocenters. The Morgan fingerprint density at radius 1 is 1.10 bits per heavy atom. The molecule has 5 nitrogen and oxygen atoms in total.